The molecule has 2 aromatic carbocycles. The van der Waals surface area contributed by atoms with Crippen LogP contribution in [0.1, 0.15) is 17.4 Å². The number of hydrogen-bond acceptors (Lipinski definition) is 5. The second kappa shape index (κ2) is 8.31. The average molecular weight is 370 g/mol. The van der Waals surface area contributed by atoms with E-state index in [1.165, 1.54) is 18.6 Å². The van der Waals surface area contributed by atoms with E-state index in [1.54, 1.807) is 30.3 Å². The lowest BCUT2D eigenvalue weighted by atomic mass is 10.2. The van der Waals surface area contributed by atoms with E-state index in [0.717, 1.165) is 5.75 Å². The fourth-order valence-corrected chi connectivity index (χ4v) is 2.36. The summed E-state index contributed by atoms with van der Waals surface area (Å²) >= 11 is 6.05. The number of hydrogen-bond donors (Lipinski definition) is 1. The Morgan fingerprint density at radius 3 is 2.58 bits per heavy atom. The molecule has 3 rings (SSSR count). The number of benzene rings is 2. The Balaban J connectivity index is 1.80. The van der Waals surface area contributed by atoms with Crippen molar-refractivity contribution in [2.45, 2.75) is 6.92 Å². The maximum Gasteiger partial charge on any atom is 0.275 e. The van der Waals surface area contributed by atoms with Crippen LogP contribution in [0.2, 0.25) is 5.02 Å². The first-order valence-corrected chi connectivity index (χ1v) is 8.31. The van der Waals surface area contributed by atoms with E-state index in [-0.39, 0.29) is 5.69 Å². The minimum absolute atomic E-state index is 0.194. The topological polar surface area (TPSA) is 73.3 Å². The van der Waals surface area contributed by atoms with Gasteiger partial charge < -0.3 is 14.8 Å². The zero-order valence-corrected chi connectivity index (χ0v) is 14.7. The highest BCUT2D eigenvalue weighted by Gasteiger charge is 2.13. The zero-order valence-electron chi connectivity index (χ0n) is 14.0. The Morgan fingerprint density at radius 1 is 1.12 bits per heavy atom. The molecule has 0 aliphatic carbocycles. The summed E-state index contributed by atoms with van der Waals surface area (Å²) < 4.78 is 11.3. The zero-order chi connectivity index (χ0) is 18.4. The van der Waals surface area contributed by atoms with Crippen molar-refractivity contribution in [1.29, 1.82) is 0 Å². The van der Waals surface area contributed by atoms with Gasteiger partial charge in [-0.25, -0.2) is 4.98 Å². The van der Waals surface area contributed by atoms with Crippen LogP contribution in [-0.4, -0.2) is 22.5 Å². The van der Waals surface area contributed by atoms with Crippen LogP contribution in [0.4, 0.5) is 5.69 Å². The second-order valence-corrected chi connectivity index (χ2v) is 5.63. The molecule has 0 bridgehead atoms. The van der Waals surface area contributed by atoms with Gasteiger partial charge in [0.15, 0.2) is 5.75 Å². The van der Waals surface area contributed by atoms with Crippen LogP contribution in [0.25, 0.3) is 0 Å². The van der Waals surface area contributed by atoms with Crippen LogP contribution >= 0.6 is 11.6 Å². The van der Waals surface area contributed by atoms with Crippen LogP contribution in [-0.2, 0) is 0 Å². The molecule has 1 aromatic heterocycles. The number of halogens is 1. The van der Waals surface area contributed by atoms with Gasteiger partial charge in [-0.1, -0.05) is 11.6 Å². The van der Waals surface area contributed by atoms with Crippen LogP contribution in [0, 0.1) is 0 Å². The monoisotopic (exact) mass is 369 g/mol. The molecule has 26 heavy (non-hydrogen) atoms. The minimum atomic E-state index is -0.406. The van der Waals surface area contributed by atoms with E-state index in [0.29, 0.717) is 28.8 Å². The van der Waals surface area contributed by atoms with Crippen molar-refractivity contribution in [2.24, 2.45) is 0 Å². The molecule has 6 nitrogen and oxygen atoms in total. The summed E-state index contributed by atoms with van der Waals surface area (Å²) in [5.74, 6) is 1.41. The van der Waals surface area contributed by atoms with Gasteiger partial charge in [0.1, 0.15) is 17.2 Å². The molecule has 0 saturated heterocycles. The Labute approximate surface area is 155 Å². The lowest BCUT2D eigenvalue weighted by molar-refractivity contribution is 0.102. The predicted molar refractivity (Wildman–Crippen MR) is 99.1 cm³/mol. The van der Waals surface area contributed by atoms with E-state index >= 15 is 0 Å². The van der Waals surface area contributed by atoms with Gasteiger partial charge in [-0.3, -0.25) is 9.78 Å². The van der Waals surface area contributed by atoms with E-state index in [2.05, 4.69) is 15.3 Å². The van der Waals surface area contributed by atoms with E-state index in [1.807, 2.05) is 19.1 Å². The second-order valence-electron chi connectivity index (χ2n) is 5.19. The van der Waals surface area contributed by atoms with Gasteiger partial charge in [0.05, 0.1) is 18.5 Å². The lowest BCUT2D eigenvalue weighted by Gasteiger charge is -2.13. The Bertz CT molecular complexity index is 886. The van der Waals surface area contributed by atoms with Crippen LogP contribution < -0.4 is 14.8 Å². The number of aromatic nitrogens is 2. The summed E-state index contributed by atoms with van der Waals surface area (Å²) in [5, 5.41) is 3.21. The Morgan fingerprint density at radius 2 is 1.88 bits per heavy atom. The third-order valence-electron chi connectivity index (χ3n) is 3.35. The molecule has 3 aromatic rings. The normalized spacial score (nSPS) is 10.2. The Kier molecular flexibility index (Phi) is 5.66. The molecule has 7 heteroatoms. The smallest absolute Gasteiger partial charge is 0.275 e. The molecule has 0 saturated carbocycles. The first-order valence-electron chi connectivity index (χ1n) is 7.93. The van der Waals surface area contributed by atoms with Gasteiger partial charge in [0.2, 0.25) is 0 Å². The van der Waals surface area contributed by atoms with Crippen LogP contribution in [0.5, 0.6) is 17.2 Å². The van der Waals surface area contributed by atoms with Crippen molar-refractivity contribution < 1.29 is 14.3 Å². The lowest BCUT2D eigenvalue weighted by Crippen LogP contribution is -2.14. The van der Waals surface area contributed by atoms with Gasteiger partial charge in [0.25, 0.3) is 5.91 Å². The number of ether oxygens (including phenoxy) is 2. The minimum Gasteiger partial charge on any atom is -0.494 e. The summed E-state index contributed by atoms with van der Waals surface area (Å²) in [6.45, 7) is 2.51. The molecule has 0 fully saturated rings. The van der Waals surface area contributed by atoms with Gasteiger partial charge in [0, 0.05) is 17.4 Å². The fraction of sp³-hybridized carbons (Fsp3) is 0.105. The fourth-order valence-electron chi connectivity index (χ4n) is 2.19. The highest BCUT2D eigenvalue weighted by Crippen LogP contribution is 2.33. The molecular formula is C19H16ClN3O3. The number of anilines is 1. The number of amides is 1. The van der Waals surface area contributed by atoms with Crippen LogP contribution in [0.15, 0.2) is 61.1 Å². The largest absolute Gasteiger partial charge is 0.494 e. The third-order valence-corrected chi connectivity index (χ3v) is 3.58. The summed E-state index contributed by atoms with van der Waals surface area (Å²) in [5.41, 5.74) is 0.626. The quantitative estimate of drug-likeness (QED) is 0.688. The number of nitrogens with zero attached hydrogens (tertiary/aromatic N) is 2. The molecule has 0 spiro atoms. The number of rotatable bonds is 6. The van der Waals surface area contributed by atoms with Gasteiger partial charge in [-0.05, 0) is 49.4 Å². The number of nitrogens with one attached hydrogen (secondary N) is 1. The van der Waals surface area contributed by atoms with Crippen molar-refractivity contribution in [3.8, 4) is 17.2 Å². The number of carbonyl (C=O) groups is 1. The van der Waals surface area contributed by atoms with Crippen LogP contribution in [0.3, 0.4) is 0 Å². The SMILES string of the molecule is CCOc1ccc(Oc2ccc(Cl)cc2NC(=O)c2cnccn2)cc1. The molecule has 1 N–H and O–H groups in total. The van der Waals surface area contributed by atoms with Crippen molar-refractivity contribution in [1.82, 2.24) is 9.97 Å². The van der Waals surface area contributed by atoms with E-state index in [4.69, 9.17) is 21.1 Å². The van der Waals surface area contributed by atoms with Gasteiger partial charge in [-0.2, -0.15) is 0 Å². The van der Waals surface area contributed by atoms with Crippen molar-refractivity contribution in [2.75, 3.05) is 11.9 Å². The molecule has 132 valence electrons. The number of carbonyl (C=O) groups excluding carboxylic acids is 1. The first-order chi connectivity index (χ1) is 12.7. The van der Waals surface area contributed by atoms with Gasteiger partial charge >= 0.3 is 0 Å². The molecule has 0 unspecified atom stereocenters. The molecule has 1 heterocycles. The van der Waals surface area contributed by atoms with E-state index < -0.39 is 5.91 Å². The molecular weight excluding hydrogens is 354 g/mol. The van der Waals surface area contributed by atoms with Crippen molar-refractivity contribution in [3.63, 3.8) is 0 Å². The maximum atomic E-state index is 12.3. The Hall–Kier alpha value is -3.12. The molecule has 0 aliphatic heterocycles. The maximum absolute atomic E-state index is 12.3. The van der Waals surface area contributed by atoms with Crippen molar-refractivity contribution in [3.05, 3.63) is 71.8 Å². The molecule has 1 amide bonds. The standard InChI is InChI=1S/C19H16ClN3O3/c1-2-25-14-4-6-15(7-5-14)26-18-8-3-13(20)11-16(18)23-19(24)17-12-21-9-10-22-17/h3-12H,2H2,1H3,(H,23,24). The average Bonchev–Trinajstić information content (AvgIpc) is 2.66. The summed E-state index contributed by atoms with van der Waals surface area (Å²) in [6, 6.07) is 12.2. The predicted octanol–water partition coefficient (Wildman–Crippen LogP) is 4.57. The third kappa shape index (κ3) is 4.49. The summed E-state index contributed by atoms with van der Waals surface area (Å²) in [6.07, 6.45) is 4.33. The highest BCUT2D eigenvalue weighted by molar-refractivity contribution is 6.31. The first kappa shape index (κ1) is 17.7. The molecule has 0 atom stereocenters. The summed E-state index contributed by atoms with van der Waals surface area (Å²) in [4.78, 5) is 20.2. The van der Waals surface area contributed by atoms with Crippen molar-refractivity contribution >= 4 is 23.2 Å². The highest BCUT2D eigenvalue weighted by atomic mass is 35.5. The molecule has 0 aliphatic rings. The summed E-state index contributed by atoms with van der Waals surface area (Å²) in [7, 11) is 0. The van der Waals surface area contributed by atoms with E-state index in [9.17, 15) is 4.79 Å². The van der Waals surface area contributed by atoms with Gasteiger partial charge in [-0.15, -0.1) is 0 Å². The molecule has 0 radical (unpaired) electrons.